The number of rotatable bonds is 3. The summed E-state index contributed by atoms with van der Waals surface area (Å²) in [5.41, 5.74) is 5.89. The fourth-order valence-electron chi connectivity index (χ4n) is 2.64. The van der Waals surface area contributed by atoms with Gasteiger partial charge < -0.3 is 15.7 Å². The molecule has 2 rings (SSSR count). The molecule has 1 saturated heterocycles. The van der Waals surface area contributed by atoms with Gasteiger partial charge in [-0.1, -0.05) is 37.6 Å². The van der Waals surface area contributed by atoms with Crippen LogP contribution in [0.4, 0.5) is 0 Å². The fraction of sp³-hybridized carbons (Fsp3) is 0.562. The van der Waals surface area contributed by atoms with E-state index in [1.54, 1.807) is 17.0 Å². The summed E-state index contributed by atoms with van der Waals surface area (Å²) in [6, 6.07) is 6.79. The quantitative estimate of drug-likeness (QED) is 0.883. The maximum atomic E-state index is 12.2. The number of benzene rings is 1. The van der Waals surface area contributed by atoms with Crippen LogP contribution in [0.15, 0.2) is 24.3 Å². The zero-order valence-electron chi connectivity index (χ0n) is 13.0. The van der Waals surface area contributed by atoms with E-state index < -0.39 is 11.6 Å². The maximum Gasteiger partial charge on any atom is 0.239 e. The van der Waals surface area contributed by atoms with Crippen molar-refractivity contribution in [2.45, 2.75) is 38.3 Å². The molecule has 22 heavy (non-hydrogen) atoms. The Morgan fingerprint density at radius 1 is 1.27 bits per heavy atom. The van der Waals surface area contributed by atoms with Gasteiger partial charge in [0.2, 0.25) is 5.91 Å². The lowest BCUT2D eigenvalue weighted by molar-refractivity contribution is -0.138. The molecule has 0 bridgehead atoms. The molecule has 1 aliphatic heterocycles. The molecule has 0 spiro atoms. The lowest BCUT2D eigenvalue weighted by Crippen LogP contribution is -2.51. The molecule has 0 aliphatic carbocycles. The summed E-state index contributed by atoms with van der Waals surface area (Å²) in [5.74, 6) is 0.0951. The van der Waals surface area contributed by atoms with E-state index in [9.17, 15) is 9.90 Å². The number of hydrogen-bond acceptors (Lipinski definition) is 3. The molecular weight excluding hydrogens is 323 g/mol. The number of nitrogens with zero attached hydrogens (tertiary/aromatic N) is 1. The monoisotopic (exact) mass is 346 g/mol. The molecule has 1 aromatic carbocycles. The van der Waals surface area contributed by atoms with Crippen molar-refractivity contribution in [1.29, 1.82) is 0 Å². The Morgan fingerprint density at radius 3 is 2.23 bits per heavy atom. The zero-order valence-corrected chi connectivity index (χ0v) is 14.5. The Bertz CT molecular complexity index is 497. The molecule has 1 heterocycles. The minimum atomic E-state index is -0.886. The first-order valence-corrected chi connectivity index (χ1v) is 7.74. The summed E-state index contributed by atoms with van der Waals surface area (Å²) in [4.78, 5) is 14.0. The van der Waals surface area contributed by atoms with Crippen LogP contribution >= 0.6 is 24.0 Å². The van der Waals surface area contributed by atoms with E-state index in [0.717, 1.165) is 5.56 Å². The molecule has 0 radical (unpaired) electrons. The average molecular weight is 347 g/mol. The molecule has 0 saturated carbocycles. The summed E-state index contributed by atoms with van der Waals surface area (Å²) in [6.45, 7) is 4.93. The molecule has 1 aliphatic rings. The van der Waals surface area contributed by atoms with Gasteiger partial charge in [0.05, 0.1) is 11.6 Å². The maximum absolute atomic E-state index is 12.2. The second-order valence-electron chi connectivity index (χ2n) is 6.13. The number of aliphatic hydroxyl groups is 1. The minimum Gasteiger partial charge on any atom is -0.385 e. The third-order valence-corrected chi connectivity index (χ3v) is 4.54. The van der Waals surface area contributed by atoms with Gasteiger partial charge in [-0.2, -0.15) is 0 Å². The highest BCUT2D eigenvalue weighted by Crippen LogP contribution is 2.33. The number of piperidine rings is 1. The van der Waals surface area contributed by atoms with E-state index in [-0.39, 0.29) is 24.2 Å². The van der Waals surface area contributed by atoms with Crippen LogP contribution in [-0.4, -0.2) is 35.0 Å². The third-order valence-electron chi connectivity index (χ3n) is 4.29. The molecule has 6 heteroatoms. The highest BCUT2D eigenvalue weighted by atomic mass is 35.5. The first kappa shape index (κ1) is 19.2. The molecule has 0 aromatic heterocycles. The lowest BCUT2D eigenvalue weighted by atomic mass is 9.84. The van der Waals surface area contributed by atoms with Gasteiger partial charge >= 0.3 is 0 Å². The van der Waals surface area contributed by atoms with Crippen molar-refractivity contribution in [2.24, 2.45) is 11.7 Å². The van der Waals surface area contributed by atoms with Crippen molar-refractivity contribution in [3.05, 3.63) is 34.9 Å². The Kier molecular flexibility index (Phi) is 6.68. The molecule has 1 unspecified atom stereocenters. The molecule has 124 valence electrons. The SMILES string of the molecule is CC(C)C(N)C(=O)N1CCC(O)(c2ccc(Cl)cc2)CC1.Cl. The van der Waals surface area contributed by atoms with Crippen LogP contribution in [0.5, 0.6) is 0 Å². The molecule has 1 aromatic rings. The van der Waals surface area contributed by atoms with Crippen LogP contribution in [0, 0.1) is 5.92 Å². The first-order chi connectivity index (χ1) is 9.83. The van der Waals surface area contributed by atoms with Crippen LogP contribution in [-0.2, 0) is 10.4 Å². The zero-order chi connectivity index (χ0) is 15.6. The minimum absolute atomic E-state index is 0. The van der Waals surface area contributed by atoms with Gasteiger partial charge in [0.25, 0.3) is 0 Å². The highest BCUT2D eigenvalue weighted by molar-refractivity contribution is 6.30. The number of amides is 1. The molecular formula is C16H24Cl2N2O2. The van der Waals surface area contributed by atoms with E-state index in [1.165, 1.54) is 0 Å². The van der Waals surface area contributed by atoms with E-state index in [1.807, 2.05) is 26.0 Å². The van der Waals surface area contributed by atoms with E-state index in [4.69, 9.17) is 17.3 Å². The molecule has 3 N–H and O–H groups in total. The molecule has 4 nitrogen and oxygen atoms in total. The average Bonchev–Trinajstić information content (AvgIpc) is 2.47. The van der Waals surface area contributed by atoms with Crippen molar-refractivity contribution in [3.8, 4) is 0 Å². The number of halogens is 2. The van der Waals surface area contributed by atoms with Crippen molar-refractivity contribution >= 4 is 29.9 Å². The van der Waals surface area contributed by atoms with E-state index in [2.05, 4.69) is 0 Å². The Morgan fingerprint density at radius 2 is 1.77 bits per heavy atom. The van der Waals surface area contributed by atoms with Gasteiger partial charge in [-0.25, -0.2) is 0 Å². The summed E-state index contributed by atoms with van der Waals surface area (Å²) in [6.07, 6.45) is 1.04. The summed E-state index contributed by atoms with van der Waals surface area (Å²) in [5, 5.41) is 11.4. The largest absolute Gasteiger partial charge is 0.385 e. The topological polar surface area (TPSA) is 66.6 Å². The van der Waals surface area contributed by atoms with Gasteiger partial charge in [-0.15, -0.1) is 12.4 Å². The lowest BCUT2D eigenvalue weighted by Gasteiger charge is -2.39. The van der Waals surface area contributed by atoms with Gasteiger partial charge in [0, 0.05) is 18.1 Å². The van der Waals surface area contributed by atoms with Crippen LogP contribution < -0.4 is 5.73 Å². The normalized spacial score (nSPS) is 18.7. The molecule has 1 fully saturated rings. The second kappa shape index (κ2) is 7.64. The first-order valence-electron chi connectivity index (χ1n) is 7.36. The van der Waals surface area contributed by atoms with Gasteiger partial charge in [-0.3, -0.25) is 4.79 Å². The predicted octanol–water partition coefficient (Wildman–Crippen LogP) is 2.56. The van der Waals surface area contributed by atoms with E-state index in [0.29, 0.717) is 31.0 Å². The van der Waals surface area contributed by atoms with Gasteiger partial charge in [0.1, 0.15) is 0 Å². The Balaban J connectivity index is 0.00000242. The highest BCUT2D eigenvalue weighted by Gasteiger charge is 2.36. The Hall–Kier alpha value is -0.810. The number of hydrogen-bond donors (Lipinski definition) is 2. The van der Waals surface area contributed by atoms with Crippen molar-refractivity contribution in [2.75, 3.05) is 13.1 Å². The molecule has 1 amide bonds. The summed E-state index contributed by atoms with van der Waals surface area (Å²) < 4.78 is 0. The number of likely N-dealkylation sites (tertiary alicyclic amines) is 1. The van der Waals surface area contributed by atoms with Crippen LogP contribution in [0.2, 0.25) is 5.02 Å². The fourth-order valence-corrected chi connectivity index (χ4v) is 2.77. The Labute approximate surface area is 143 Å². The van der Waals surface area contributed by atoms with Crippen LogP contribution in [0.25, 0.3) is 0 Å². The van der Waals surface area contributed by atoms with Crippen molar-refractivity contribution in [1.82, 2.24) is 4.90 Å². The van der Waals surface area contributed by atoms with Crippen molar-refractivity contribution < 1.29 is 9.90 Å². The standard InChI is InChI=1S/C16H23ClN2O2.ClH/c1-11(2)14(18)15(20)19-9-7-16(21,8-10-19)12-3-5-13(17)6-4-12;/h3-6,11,14,21H,7-10,18H2,1-2H3;1H. The number of carbonyl (C=O) groups is 1. The van der Waals surface area contributed by atoms with Crippen LogP contribution in [0.1, 0.15) is 32.3 Å². The summed E-state index contributed by atoms with van der Waals surface area (Å²) >= 11 is 5.88. The third kappa shape index (κ3) is 4.13. The van der Waals surface area contributed by atoms with E-state index >= 15 is 0 Å². The predicted molar refractivity (Wildman–Crippen MR) is 91.2 cm³/mol. The number of carbonyl (C=O) groups excluding carboxylic acids is 1. The smallest absolute Gasteiger partial charge is 0.239 e. The van der Waals surface area contributed by atoms with Gasteiger partial charge in [0.15, 0.2) is 0 Å². The summed E-state index contributed by atoms with van der Waals surface area (Å²) in [7, 11) is 0. The molecule has 1 atom stereocenters. The van der Waals surface area contributed by atoms with Crippen molar-refractivity contribution in [3.63, 3.8) is 0 Å². The van der Waals surface area contributed by atoms with Gasteiger partial charge in [-0.05, 0) is 36.5 Å². The second-order valence-corrected chi connectivity index (χ2v) is 6.57. The number of nitrogens with two attached hydrogens (primary N) is 1. The van der Waals surface area contributed by atoms with Crippen LogP contribution in [0.3, 0.4) is 0 Å².